The highest BCUT2D eigenvalue weighted by atomic mass is 32.1. The summed E-state index contributed by atoms with van der Waals surface area (Å²) in [6, 6.07) is 0. The van der Waals surface area contributed by atoms with E-state index >= 15 is 0 Å². The van der Waals surface area contributed by atoms with Crippen molar-refractivity contribution >= 4 is 28.1 Å². The van der Waals surface area contributed by atoms with Gasteiger partial charge in [-0.1, -0.05) is 52.9 Å². The van der Waals surface area contributed by atoms with Gasteiger partial charge in [0.25, 0.3) is 5.13 Å². The summed E-state index contributed by atoms with van der Waals surface area (Å²) >= 11 is 1.28. The highest BCUT2D eigenvalue weighted by molar-refractivity contribution is 7.12. The monoisotopic (exact) mass is 338 g/mol. The van der Waals surface area contributed by atoms with Gasteiger partial charge in [0.2, 0.25) is 4.80 Å². The molecule has 1 aromatic rings. The van der Waals surface area contributed by atoms with E-state index in [1.807, 2.05) is 41.5 Å². The second-order valence-electron chi connectivity index (χ2n) is 7.12. The molecule has 1 heterocycles. The molecule has 8 nitrogen and oxygen atoms in total. The fourth-order valence-corrected chi connectivity index (χ4v) is 1.99. The Balaban J connectivity index is 3.09. The number of hydrogen-bond donors (Lipinski definition) is 1. The maximum atomic E-state index is 5.89. The summed E-state index contributed by atoms with van der Waals surface area (Å²) < 4.78 is 1.60. The molecule has 0 unspecified atom stereocenters. The van der Waals surface area contributed by atoms with Crippen molar-refractivity contribution < 1.29 is 0 Å². The Hall–Kier alpha value is -1.90. The standard InChI is InChI=1S/C14H26N8S/c1-13(2,3)9(15)17-20-12-22(8)21-11(23-12)19-18-10(16-7)14(4,5)6/h1-8H3,(H2,15,17)/b16-10?,19-18?,20-12+. The molecule has 0 bridgehead atoms. The Morgan fingerprint density at radius 2 is 1.74 bits per heavy atom. The van der Waals surface area contributed by atoms with Crippen LogP contribution in [0.1, 0.15) is 41.5 Å². The molecule has 0 aliphatic heterocycles. The molecule has 0 amide bonds. The molecule has 0 aliphatic rings. The molecular formula is C14H26N8S. The lowest BCUT2D eigenvalue weighted by Gasteiger charge is -2.15. The van der Waals surface area contributed by atoms with Crippen LogP contribution in [0.2, 0.25) is 0 Å². The molecular weight excluding hydrogens is 312 g/mol. The van der Waals surface area contributed by atoms with E-state index < -0.39 is 0 Å². The number of rotatable bonds is 2. The molecule has 0 radical (unpaired) electrons. The van der Waals surface area contributed by atoms with Crippen LogP contribution in [0, 0.1) is 10.8 Å². The number of nitrogens with zero attached hydrogens (tertiary/aromatic N) is 7. The van der Waals surface area contributed by atoms with Gasteiger partial charge >= 0.3 is 0 Å². The first-order valence-corrected chi connectivity index (χ1v) is 8.07. The van der Waals surface area contributed by atoms with Gasteiger partial charge in [-0.05, 0) is 0 Å². The van der Waals surface area contributed by atoms with Crippen molar-refractivity contribution in [3.63, 3.8) is 0 Å². The molecule has 1 aromatic heterocycles. The molecule has 0 atom stereocenters. The minimum absolute atomic E-state index is 0.170. The topological polar surface area (TPSA) is 106 Å². The van der Waals surface area contributed by atoms with Gasteiger partial charge in [0, 0.05) is 24.9 Å². The van der Waals surface area contributed by atoms with Gasteiger partial charge in [-0.15, -0.1) is 25.5 Å². The van der Waals surface area contributed by atoms with Crippen LogP contribution < -0.4 is 10.5 Å². The second kappa shape index (κ2) is 7.12. The van der Waals surface area contributed by atoms with E-state index in [-0.39, 0.29) is 10.8 Å². The second-order valence-corrected chi connectivity index (χ2v) is 8.06. The van der Waals surface area contributed by atoms with Crippen LogP contribution in [-0.4, -0.2) is 28.5 Å². The van der Waals surface area contributed by atoms with Crippen LogP contribution in [-0.2, 0) is 7.05 Å². The predicted molar refractivity (Wildman–Crippen MR) is 95.1 cm³/mol. The van der Waals surface area contributed by atoms with Crippen LogP contribution in [0.3, 0.4) is 0 Å². The molecule has 0 aromatic carbocycles. The number of aromatic nitrogens is 2. The number of azo groups is 1. The van der Waals surface area contributed by atoms with Crippen molar-refractivity contribution in [2.45, 2.75) is 41.5 Å². The molecule has 0 saturated heterocycles. The maximum absolute atomic E-state index is 5.89. The fourth-order valence-electron chi connectivity index (χ4n) is 1.33. The highest BCUT2D eigenvalue weighted by Gasteiger charge is 2.18. The predicted octanol–water partition coefficient (Wildman–Crippen LogP) is 2.86. The third-order valence-electron chi connectivity index (χ3n) is 2.82. The SMILES string of the molecule is CN=C(N=Nc1nn(C)/c(=N\N=C(/N)C(C)(C)C)s1)C(C)(C)C. The minimum atomic E-state index is -0.228. The van der Waals surface area contributed by atoms with Gasteiger partial charge in [-0.25, -0.2) is 4.68 Å². The van der Waals surface area contributed by atoms with Crippen LogP contribution in [0.5, 0.6) is 0 Å². The van der Waals surface area contributed by atoms with Crippen LogP contribution in [0.4, 0.5) is 5.13 Å². The largest absolute Gasteiger partial charge is 0.385 e. The third kappa shape index (κ3) is 5.66. The van der Waals surface area contributed by atoms with E-state index in [4.69, 9.17) is 5.73 Å². The van der Waals surface area contributed by atoms with E-state index in [1.54, 1.807) is 18.8 Å². The van der Waals surface area contributed by atoms with Gasteiger partial charge in [0.15, 0.2) is 5.84 Å². The van der Waals surface area contributed by atoms with Gasteiger partial charge in [0.1, 0.15) is 5.84 Å². The van der Waals surface area contributed by atoms with Crippen molar-refractivity contribution in [3.05, 3.63) is 4.80 Å². The molecule has 9 heteroatoms. The zero-order valence-corrected chi connectivity index (χ0v) is 15.9. The summed E-state index contributed by atoms with van der Waals surface area (Å²) in [6.07, 6.45) is 0. The van der Waals surface area contributed by atoms with E-state index in [0.29, 0.717) is 21.6 Å². The van der Waals surface area contributed by atoms with Gasteiger partial charge in [-0.2, -0.15) is 0 Å². The molecule has 2 N–H and O–H groups in total. The van der Waals surface area contributed by atoms with Crippen molar-refractivity contribution in [1.29, 1.82) is 0 Å². The first-order valence-electron chi connectivity index (χ1n) is 7.26. The van der Waals surface area contributed by atoms with Crippen molar-refractivity contribution in [2.75, 3.05) is 7.05 Å². The summed E-state index contributed by atoms with van der Waals surface area (Å²) in [5.41, 5.74) is 5.50. The number of nitrogens with two attached hydrogens (primary N) is 1. The Morgan fingerprint density at radius 1 is 1.13 bits per heavy atom. The number of amidine groups is 2. The third-order valence-corrected chi connectivity index (χ3v) is 3.69. The normalized spacial score (nSPS) is 15.7. The zero-order chi connectivity index (χ0) is 17.8. The fraction of sp³-hybridized carbons (Fsp3) is 0.714. The molecule has 0 spiro atoms. The Bertz CT molecular complexity index is 692. The van der Waals surface area contributed by atoms with Crippen LogP contribution >= 0.6 is 11.3 Å². The van der Waals surface area contributed by atoms with Crippen LogP contribution in [0.25, 0.3) is 0 Å². The average Bonchev–Trinajstić information content (AvgIpc) is 2.74. The summed E-state index contributed by atoms with van der Waals surface area (Å²) in [6.45, 7) is 12.0. The molecule has 23 heavy (non-hydrogen) atoms. The highest BCUT2D eigenvalue weighted by Crippen LogP contribution is 2.19. The number of aryl methyl sites for hydroxylation is 1. The van der Waals surface area contributed by atoms with Crippen LogP contribution in [0.15, 0.2) is 25.4 Å². The Kier molecular flexibility index (Phi) is 5.92. The Morgan fingerprint density at radius 3 is 2.22 bits per heavy atom. The lowest BCUT2D eigenvalue weighted by molar-refractivity contribution is 0.580. The number of aliphatic imine (C=N–C) groups is 1. The molecule has 128 valence electrons. The summed E-state index contributed by atoms with van der Waals surface area (Å²) in [5, 5.41) is 21.3. The molecule has 0 aliphatic carbocycles. The first kappa shape index (κ1) is 19.1. The molecule has 0 fully saturated rings. The zero-order valence-electron chi connectivity index (χ0n) is 15.1. The van der Waals surface area contributed by atoms with E-state index in [0.717, 1.165) is 0 Å². The first-order chi connectivity index (χ1) is 10.4. The lowest BCUT2D eigenvalue weighted by Crippen LogP contribution is -2.28. The van der Waals surface area contributed by atoms with Crippen molar-refractivity contribution in [1.82, 2.24) is 9.78 Å². The van der Waals surface area contributed by atoms with Gasteiger partial charge < -0.3 is 5.73 Å². The van der Waals surface area contributed by atoms with Crippen molar-refractivity contribution in [3.8, 4) is 0 Å². The average molecular weight is 338 g/mol. The van der Waals surface area contributed by atoms with Gasteiger partial charge in [-0.3, -0.25) is 4.99 Å². The van der Waals surface area contributed by atoms with Gasteiger partial charge in [0.05, 0.1) is 0 Å². The van der Waals surface area contributed by atoms with Crippen molar-refractivity contribution in [2.24, 2.45) is 49.0 Å². The lowest BCUT2D eigenvalue weighted by atomic mass is 9.95. The summed E-state index contributed by atoms with van der Waals surface area (Å²) in [5.74, 6) is 1.12. The number of hydrogen-bond acceptors (Lipinski definition) is 6. The summed E-state index contributed by atoms with van der Waals surface area (Å²) in [4.78, 5) is 4.75. The van der Waals surface area contributed by atoms with E-state index in [2.05, 4.69) is 30.5 Å². The molecule has 1 rings (SSSR count). The van der Waals surface area contributed by atoms with E-state index in [1.165, 1.54) is 11.3 Å². The summed E-state index contributed by atoms with van der Waals surface area (Å²) in [7, 11) is 3.47. The minimum Gasteiger partial charge on any atom is -0.385 e. The Labute approximate surface area is 141 Å². The van der Waals surface area contributed by atoms with E-state index in [9.17, 15) is 0 Å². The smallest absolute Gasteiger partial charge is 0.251 e. The maximum Gasteiger partial charge on any atom is 0.251 e. The quantitative estimate of drug-likeness (QED) is 0.387. The molecule has 0 saturated carbocycles.